The lowest BCUT2D eigenvalue weighted by Gasteiger charge is -2.09. The smallest absolute Gasteiger partial charge is 0.341 e. The van der Waals surface area contributed by atoms with Gasteiger partial charge in [0.25, 0.3) is 0 Å². The van der Waals surface area contributed by atoms with Gasteiger partial charge in [0.05, 0.1) is 12.1 Å². The maximum Gasteiger partial charge on any atom is 0.341 e. The van der Waals surface area contributed by atoms with Crippen molar-refractivity contribution < 1.29 is 19.7 Å². The number of hydrogen-bond acceptors (Lipinski definition) is 4. The normalized spacial score (nSPS) is 9.93. The number of benzene rings is 1. The number of carbonyl (C=O) groups excluding carboxylic acids is 1. The molecule has 0 aliphatic carbocycles. The Morgan fingerprint density at radius 3 is 2.50 bits per heavy atom. The van der Waals surface area contributed by atoms with Crippen LogP contribution in [0.5, 0.6) is 11.5 Å². The van der Waals surface area contributed by atoms with Crippen LogP contribution < -0.4 is 0 Å². The first kappa shape index (κ1) is 10.7. The summed E-state index contributed by atoms with van der Waals surface area (Å²) < 4.78 is 4.45. The first-order valence-corrected chi connectivity index (χ1v) is 4.16. The largest absolute Gasteiger partial charge is 0.507 e. The molecule has 0 bridgehead atoms. The number of methoxy groups -OCH3 is 1. The van der Waals surface area contributed by atoms with E-state index in [4.69, 9.17) is 11.6 Å². The summed E-state index contributed by atoms with van der Waals surface area (Å²) in [6.07, 6.45) is 0. The molecular weight excluding hydrogens is 208 g/mol. The second-order valence-corrected chi connectivity index (χ2v) is 3.10. The zero-order chi connectivity index (χ0) is 10.9. The summed E-state index contributed by atoms with van der Waals surface area (Å²) in [7, 11) is 1.20. The van der Waals surface area contributed by atoms with Crippen LogP contribution in [0.25, 0.3) is 0 Å². The molecule has 1 rings (SSSR count). The van der Waals surface area contributed by atoms with Gasteiger partial charge >= 0.3 is 5.97 Å². The van der Waals surface area contributed by atoms with Crippen LogP contribution in [0.3, 0.4) is 0 Å². The number of hydrogen-bond donors (Lipinski definition) is 2. The number of phenols is 2. The summed E-state index contributed by atoms with van der Waals surface area (Å²) in [4.78, 5) is 11.2. The SMILES string of the molecule is COC(=O)c1c(O)cc(O)c(Cl)c1C. The highest BCUT2D eigenvalue weighted by atomic mass is 35.5. The van der Waals surface area contributed by atoms with Crippen LogP contribution in [-0.4, -0.2) is 23.3 Å². The molecule has 0 aliphatic rings. The quantitative estimate of drug-likeness (QED) is 0.703. The third-order valence-electron chi connectivity index (χ3n) is 1.85. The number of halogens is 1. The minimum atomic E-state index is -0.693. The van der Waals surface area contributed by atoms with Gasteiger partial charge in [0, 0.05) is 6.07 Å². The molecule has 4 nitrogen and oxygen atoms in total. The molecule has 14 heavy (non-hydrogen) atoms. The lowest BCUT2D eigenvalue weighted by Crippen LogP contribution is -2.04. The molecule has 0 saturated heterocycles. The Morgan fingerprint density at radius 1 is 1.43 bits per heavy atom. The molecule has 0 aliphatic heterocycles. The fourth-order valence-corrected chi connectivity index (χ4v) is 1.27. The van der Waals surface area contributed by atoms with Crippen LogP contribution in [0.1, 0.15) is 15.9 Å². The predicted octanol–water partition coefficient (Wildman–Crippen LogP) is 1.85. The van der Waals surface area contributed by atoms with Gasteiger partial charge in [-0.1, -0.05) is 11.6 Å². The number of esters is 1. The third-order valence-corrected chi connectivity index (χ3v) is 2.33. The summed E-state index contributed by atoms with van der Waals surface area (Å²) >= 11 is 5.69. The summed E-state index contributed by atoms with van der Waals surface area (Å²) in [5, 5.41) is 18.6. The van der Waals surface area contributed by atoms with Crippen LogP contribution >= 0.6 is 11.6 Å². The first-order valence-electron chi connectivity index (χ1n) is 3.78. The monoisotopic (exact) mass is 216 g/mol. The summed E-state index contributed by atoms with van der Waals surface area (Å²) in [5.41, 5.74) is 0.256. The Morgan fingerprint density at radius 2 is 2.00 bits per heavy atom. The fourth-order valence-electron chi connectivity index (χ4n) is 1.12. The molecule has 0 heterocycles. The van der Waals surface area contributed by atoms with Crippen molar-refractivity contribution in [1.29, 1.82) is 0 Å². The van der Waals surface area contributed by atoms with Crippen molar-refractivity contribution in [2.75, 3.05) is 7.11 Å². The van der Waals surface area contributed by atoms with E-state index in [1.807, 2.05) is 0 Å². The topological polar surface area (TPSA) is 66.8 Å². The van der Waals surface area contributed by atoms with Crippen molar-refractivity contribution in [3.8, 4) is 11.5 Å². The highest BCUT2D eigenvalue weighted by Crippen LogP contribution is 2.35. The molecule has 0 saturated carbocycles. The van der Waals surface area contributed by atoms with E-state index < -0.39 is 5.97 Å². The van der Waals surface area contributed by atoms with Crippen molar-refractivity contribution in [2.45, 2.75) is 6.92 Å². The summed E-state index contributed by atoms with van der Waals surface area (Å²) in [6.45, 7) is 1.51. The van der Waals surface area contributed by atoms with Crippen molar-refractivity contribution in [1.82, 2.24) is 0 Å². The molecule has 0 spiro atoms. The van der Waals surface area contributed by atoms with Crippen molar-refractivity contribution in [2.24, 2.45) is 0 Å². The Kier molecular flexibility index (Phi) is 2.86. The zero-order valence-corrected chi connectivity index (χ0v) is 8.42. The summed E-state index contributed by atoms with van der Waals surface area (Å²) in [5.74, 6) is -1.31. The van der Waals surface area contributed by atoms with Crippen LogP contribution in [-0.2, 0) is 4.74 Å². The number of carbonyl (C=O) groups is 1. The lowest BCUT2D eigenvalue weighted by molar-refractivity contribution is 0.0596. The molecule has 76 valence electrons. The van der Waals surface area contributed by atoms with E-state index in [0.717, 1.165) is 6.07 Å². The maximum absolute atomic E-state index is 11.2. The van der Waals surface area contributed by atoms with E-state index >= 15 is 0 Å². The number of phenolic OH excluding ortho intramolecular Hbond substituents is 2. The second-order valence-electron chi connectivity index (χ2n) is 2.72. The average Bonchev–Trinajstić information content (AvgIpc) is 2.14. The van der Waals surface area contributed by atoms with Gasteiger partial charge in [0.1, 0.15) is 17.1 Å². The molecule has 0 atom stereocenters. The minimum Gasteiger partial charge on any atom is -0.507 e. The van der Waals surface area contributed by atoms with Gasteiger partial charge in [-0.15, -0.1) is 0 Å². The minimum absolute atomic E-state index is 0.0307. The highest BCUT2D eigenvalue weighted by Gasteiger charge is 2.19. The van der Waals surface area contributed by atoms with Gasteiger partial charge in [-0.25, -0.2) is 4.79 Å². The van der Waals surface area contributed by atoms with Crippen LogP contribution in [0.4, 0.5) is 0 Å². The highest BCUT2D eigenvalue weighted by molar-refractivity contribution is 6.33. The molecule has 0 fully saturated rings. The maximum atomic E-state index is 11.2. The van der Waals surface area contributed by atoms with Crippen LogP contribution in [0.15, 0.2) is 6.07 Å². The Balaban J connectivity index is 3.44. The Bertz CT molecular complexity index is 387. The van der Waals surface area contributed by atoms with Gasteiger partial charge in [-0.3, -0.25) is 0 Å². The van der Waals surface area contributed by atoms with Crippen molar-refractivity contribution in [3.05, 3.63) is 22.2 Å². The van der Waals surface area contributed by atoms with Gasteiger partial charge in [-0.05, 0) is 12.5 Å². The zero-order valence-electron chi connectivity index (χ0n) is 7.67. The molecule has 0 radical (unpaired) electrons. The standard InChI is InChI=1S/C9H9ClO4/c1-4-7(9(13)14-2)5(11)3-6(12)8(4)10/h3,11-12H,1-2H3. The van der Waals surface area contributed by atoms with E-state index in [1.54, 1.807) is 0 Å². The van der Waals surface area contributed by atoms with Gasteiger partial charge in [-0.2, -0.15) is 0 Å². The molecule has 5 heteroatoms. The first-order chi connectivity index (χ1) is 6.49. The molecule has 1 aromatic carbocycles. The number of ether oxygens (including phenoxy) is 1. The number of aromatic hydroxyl groups is 2. The van der Waals surface area contributed by atoms with Crippen LogP contribution in [0, 0.1) is 6.92 Å². The van der Waals surface area contributed by atoms with Gasteiger partial charge in [0.15, 0.2) is 0 Å². The van der Waals surface area contributed by atoms with Gasteiger partial charge < -0.3 is 14.9 Å². The summed E-state index contributed by atoms with van der Waals surface area (Å²) in [6, 6.07) is 1.00. The lowest BCUT2D eigenvalue weighted by atomic mass is 10.1. The van der Waals surface area contributed by atoms with Crippen molar-refractivity contribution >= 4 is 17.6 Å². The van der Waals surface area contributed by atoms with E-state index in [0.29, 0.717) is 0 Å². The fraction of sp³-hybridized carbons (Fsp3) is 0.222. The second kappa shape index (κ2) is 3.75. The Labute approximate surface area is 85.7 Å². The Hall–Kier alpha value is -1.42. The van der Waals surface area contributed by atoms with Crippen LogP contribution in [0.2, 0.25) is 5.02 Å². The van der Waals surface area contributed by atoms with Gasteiger partial charge in [0.2, 0.25) is 0 Å². The molecule has 0 aromatic heterocycles. The molecule has 2 N–H and O–H groups in total. The molecule has 0 unspecified atom stereocenters. The third kappa shape index (κ3) is 1.61. The van der Waals surface area contributed by atoms with E-state index in [-0.39, 0.29) is 27.6 Å². The number of rotatable bonds is 1. The van der Waals surface area contributed by atoms with E-state index in [9.17, 15) is 15.0 Å². The van der Waals surface area contributed by atoms with Crippen molar-refractivity contribution in [3.63, 3.8) is 0 Å². The molecular formula is C9H9ClO4. The predicted molar refractivity (Wildman–Crippen MR) is 50.9 cm³/mol. The molecule has 1 aromatic rings. The average molecular weight is 217 g/mol. The van der Waals surface area contributed by atoms with E-state index in [1.165, 1.54) is 14.0 Å². The van der Waals surface area contributed by atoms with E-state index in [2.05, 4.69) is 4.74 Å². The molecule has 0 amide bonds.